The number of hydrogen-bond acceptors (Lipinski definition) is 2. The minimum Gasteiger partial charge on any atom is -0.245 e. The van der Waals surface area contributed by atoms with Gasteiger partial charge in [-0.1, -0.05) is 13.8 Å². The number of hydrazine groups is 1. The Morgan fingerprint density at radius 2 is 2.11 bits per heavy atom. The summed E-state index contributed by atoms with van der Waals surface area (Å²) in [6, 6.07) is 0. The Bertz CT molecular complexity index is 92.9. The SMILES string of the molecule is CCN1CC(C)CN1C. The van der Waals surface area contributed by atoms with Crippen LogP contribution in [0.2, 0.25) is 0 Å². The topological polar surface area (TPSA) is 6.48 Å². The van der Waals surface area contributed by atoms with Crippen molar-refractivity contribution in [2.75, 3.05) is 26.7 Å². The molecule has 0 radical (unpaired) electrons. The van der Waals surface area contributed by atoms with Gasteiger partial charge in [-0.15, -0.1) is 0 Å². The van der Waals surface area contributed by atoms with Gasteiger partial charge in [-0.3, -0.25) is 0 Å². The molecule has 0 spiro atoms. The highest BCUT2D eigenvalue weighted by molar-refractivity contribution is 4.68. The van der Waals surface area contributed by atoms with Gasteiger partial charge in [0.05, 0.1) is 0 Å². The molecule has 0 aromatic heterocycles. The second-order valence-corrected chi connectivity index (χ2v) is 2.95. The lowest BCUT2D eigenvalue weighted by Gasteiger charge is -2.21. The number of rotatable bonds is 1. The van der Waals surface area contributed by atoms with Crippen molar-refractivity contribution in [1.82, 2.24) is 10.0 Å². The minimum atomic E-state index is 0.856. The maximum atomic E-state index is 2.38. The van der Waals surface area contributed by atoms with Crippen molar-refractivity contribution < 1.29 is 0 Å². The van der Waals surface area contributed by atoms with Crippen molar-refractivity contribution in [3.05, 3.63) is 0 Å². The molecule has 2 heteroatoms. The van der Waals surface area contributed by atoms with Crippen LogP contribution in [0, 0.1) is 5.92 Å². The second kappa shape index (κ2) is 2.67. The summed E-state index contributed by atoms with van der Waals surface area (Å²) < 4.78 is 0. The van der Waals surface area contributed by atoms with Gasteiger partial charge in [0.1, 0.15) is 0 Å². The third-order valence-electron chi connectivity index (χ3n) is 1.95. The Hall–Kier alpha value is -0.0800. The Morgan fingerprint density at radius 3 is 2.33 bits per heavy atom. The van der Waals surface area contributed by atoms with Crippen LogP contribution >= 0.6 is 0 Å². The summed E-state index contributed by atoms with van der Waals surface area (Å²) in [7, 11) is 2.16. The normalized spacial score (nSPS) is 31.7. The van der Waals surface area contributed by atoms with Gasteiger partial charge in [0.2, 0.25) is 0 Å². The van der Waals surface area contributed by atoms with Gasteiger partial charge in [0.25, 0.3) is 0 Å². The number of hydrogen-bond donors (Lipinski definition) is 0. The molecule has 0 N–H and O–H groups in total. The molecule has 9 heavy (non-hydrogen) atoms. The molecule has 0 aliphatic carbocycles. The molecule has 2 nitrogen and oxygen atoms in total. The molecule has 0 aromatic rings. The van der Waals surface area contributed by atoms with E-state index in [1.54, 1.807) is 0 Å². The molecule has 0 saturated carbocycles. The van der Waals surface area contributed by atoms with Crippen molar-refractivity contribution >= 4 is 0 Å². The molecule has 1 fully saturated rings. The first-order chi connectivity index (χ1) is 4.24. The van der Waals surface area contributed by atoms with Gasteiger partial charge < -0.3 is 0 Å². The van der Waals surface area contributed by atoms with E-state index in [4.69, 9.17) is 0 Å². The zero-order chi connectivity index (χ0) is 6.85. The van der Waals surface area contributed by atoms with Crippen molar-refractivity contribution in [1.29, 1.82) is 0 Å². The molecule has 0 bridgehead atoms. The molecule has 0 aromatic carbocycles. The molecule has 1 aliphatic heterocycles. The lowest BCUT2D eigenvalue weighted by molar-refractivity contribution is 0.0628. The van der Waals surface area contributed by atoms with E-state index >= 15 is 0 Å². The van der Waals surface area contributed by atoms with Crippen LogP contribution < -0.4 is 0 Å². The molecule has 1 atom stereocenters. The maximum Gasteiger partial charge on any atom is 0.0171 e. The van der Waals surface area contributed by atoms with E-state index < -0.39 is 0 Å². The summed E-state index contributed by atoms with van der Waals surface area (Å²) >= 11 is 0. The van der Waals surface area contributed by atoms with Crippen LogP contribution in [0.4, 0.5) is 0 Å². The minimum absolute atomic E-state index is 0.856. The van der Waals surface area contributed by atoms with E-state index in [2.05, 4.69) is 30.9 Å². The predicted octanol–water partition coefficient (Wildman–Crippen LogP) is 0.805. The third-order valence-corrected chi connectivity index (χ3v) is 1.95. The summed E-state index contributed by atoms with van der Waals surface area (Å²) in [5.41, 5.74) is 0. The molecule has 54 valence electrons. The van der Waals surface area contributed by atoms with Crippen LogP contribution in [0.25, 0.3) is 0 Å². The maximum absolute atomic E-state index is 2.38. The van der Waals surface area contributed by atoms with Crippen molar-refractivity contribution in [2.45, 2.75) is 13.8 Å². The van der Waals surface area contributed by atoms with Crippen LogP contribution in [-0.4, -0.2) is 36.7 Å². The van der Waals surface area contributed by atoms with Crippen LogP contribution in [0.5, 0.6) is 0 Å². The van der Waals surface area contributed by atoms with Gasteiger partial charge >= 0.3 is 0 Å². The van der Waals surface area contributed by atoms with E-state index in [9.17, 15) is 0 Å². The molecule has 1 saturated heterocycles. The summed E-state index contributed by atoms with van der Waals surface area (Å²) in [5.74, 6) is 0.856. The smallest absolute Gasteiger partial charge is 0.0171 e. The van der Waals surface area contributed by atoms with E-state index in [0.717, 1.165) is 12.5 Å². The Morgan fingerprint density at radius 1 is 1.44 bits per heavy atom. The first kappa shape index (κ1) is 7.03. The largest absolute Gasteiger partial charge is 0.245 e. The van der Waals surface area contributed by atoms with Gasteiger partial charge in [-0.05, 0) is 5.92 Å². The zero-order valence-electron chi connectivity index (χ0n) is 6.59. The third kappa shape index (κ3) is 1.43. The predicted molar refractivity (Wildman–Crippen MR) is 39.0 cm³/mol. The molecular weight excluding hydrogens is 112 g/mol. The van der Waals surface area contributed by atoms with Crippen molar-refractivity contribution in [2.24, 2.45) is 5.92 Å². The van der Waals surface area contributed by atoms with Crippen molar-refractivity contribution in [3.8, 4) is 0 Å². The fourth-order valence-electron chi connectivity index (χ4n) is 1.49. The standard InChI is InChI=1S/C7H16N2/c1-4-9-6-7(2)5-8(9)3/h7H,4-6H2,1-3H3. The molecule has 1 aliphatic rings. The summed E-state index contributed by atoms with van der Waals surface area (Å²) in [6.45, 7) is 8.13. The number of nitrogens with zero attached hydrogens (tertiary/aromatic N) is 2. The van der Waals surface area contributed by atoms with Crippen LogP contribution in [0.3, 0.4) is 0 Å². The summed E-state index contributed by atoms with van der Waals surface area (Å²) in [6.07, 6.45) is 0. The summed E-state index contributed by atoms with van der Waals surface area (Å²) in [5, 5.41) is 4.69. The Labute approximate surface area is 57.4 Å². The van der Waals surface area contributed by atoms with E-state index in [-0.39, 0.29) is 0 Å². The van der Waals surface area contributed by atoms with Crippen molar-refractivity contribution in [3.63, 3.8) is 0 Å². The lowest BCUT2D eigenvalue weighted by atomic mass is 10.2. The average Bonchev–Trinajstić information content (AvgIpc) is 2.10. The van der Waals surface area contributed by atoms with E-state index in [1.165, 1.54) is 13.1 Å². The van der Waals surface area contributed by atoms with E-state index in [1.807, 2.05) is 0 Å². The molecule has 1 heterocycles. The average molecular weight is 128 g/mol. The highest BCUT2D eigenvalue weighted by Gasteiger charge is 2.21. The Kier molecular flexibility index (Phi) is 2.09. The zero-order valence-corrected chi connectivity index (χ0v) is 6.59. The van der Waals surface area contributed by atoms with Gasteiger partial charge in [0, 0.05) is 26.7 Å². The second-order valence-electron chi connectivity index (χ2n) is 2.95. The Balaban J connectivity index is 2.38. The molecule has 1 unspecified atom stereocenters. The fraction of sp³-hybridized carbons (Fsp3) is 1.00. The van der Waals surface area contributed by atoms with Crippen LogP contribution in [0.15, 0.2) is 0 Å². The van der Waals surface area contributed by atoms with Crippen LogP contribution in [-0.2, 0) is 0 Å². The first-order valence-electron chi connectivity index (χ1n) is 3.70. The summed E-state index contributed by atoms with van der Waals surface area (Å²) in [4.78, 5) is 0. The van der Waals surface area contributed by atoms with Gasteiger partial charge in [-0.2, -0.15) is 0 Å². The highest BCUT2D eigenvalue weighted by Crippen LogP contribution is 2.12. The lowest BCUT2D eigenvalue weighted by Crippen LogP contribution is -2.32. The van der Waals surface area contributed by atoms with Crippen LogP contribution in [0.1, 0.15) is 13.8 Å². The quantitative estimate of drug-likeness (QED) is 0.515. The fourth-order valence-corrected chi connectivity index (χ4v) is 1.49. The molecule has 0 amide bonds. The molecular formula is C7H16N2. The van der Waals surface area contributed by atoms with Gasteiger partial charge in [-0.25, -0.2) is 10.0 Å². The molecule has 1 rings (SSSR count). The van der Waals surface area contributed by atoms with E-state index in [0.29, 0.717) is 0 Å². The first-order valence-corrected chi connectivity index (χ1v) is 3.70. The highest BCUT2D eigenvalue weighted by atomic mass is 15.6. The van der Waals surface area contributed by atoms with Gasteiger partial charge in [0.15, 0.2) is 0 Å². The monoisotopic (exact) mass is 128 g/mol.